The molecule has 2 rings (SSSR count). The zero-order valence-corrected chi connectivity index (χ0v) is 11.1. The third-order valence-electron chi connectivity index (χ3n) is 3.29. The Morgan fingerprint density at radius 3 is 3.00 bits per heavy atom. The first-order valence-corrected chi connectivity index (χ1v) is 6.64. The Bertz CT molecular complexity index is 383. The first-order chi connectivity index (χ1) is 8.69. The highest BCUT2D eigenvalue weighted by molar-refractivity contribution is 5.38. The molecule has 0 radical (unpaired) electrons. The molecule has 0 saturated heterocycles. The summed E-state index contributed by atoms with van der Waals surface area (Å²) < 4.78 is 5.56. The molecule has 5 heteroatoms. The predicted octanol–water partition coefficient (Wildman–Crippen LogP) is 1.80. The van der Waals surface area contributed by atoms with Crippen molar-refractivity contribution in [2.45, 2.75) is 45.3 Å². The van der Waals surface area contributed by atoms with Crippen LogP contribution >= 0.6 is 0 Å². The summed E-state index contributed by atoms with van der Waals surface area (Å²) in [6.07, 6.45) is 5.25. The van der Waals surface area contributed by atoms with Crippen molar-refractivity contribution in [3.63, 3.8) is 0 Å². The highest BCUT2D eigenvalue weighted by Crippen LogP contribution is 2.27. The molecule has 0 spiro atoms. The zero-order valence-electron chi connectivity index (χ0n) is 11.1. The van der Waals surface area contributed by atoms with E-state index in [0.717, 1.165) is 18.8 Å². The number of hydrogen-bond donors (Lipinski definition) is 2. The lowest BCUT2D eigenvalue weighted by atomic mass is 10.0. The van der Waals surface area contributed by atoms with E-state index >= 15 is 0 Å². The van der Waals surface area contributed by atoms with Crippen LogP contribution in [-0.4, -0.2) is 28.7 Å². The lowest BCUT2D eigenvalue weighted by Crippen LogP contribution is -2.29. The molecule has 18 heavy (non-hydrogen) atoms. The van der Waals surface area contributed by atoms with E-state index in [2.05, 4.69) is 15.3 Å². The largest absolute Gasteiger partial charge is 0.475 e. The number of nitrogens with two attached hydrogens (primary N) is 1. The van der Waals surface area contributed by atoms with Gasteiger partial charge in [-0.25, -0.2) is 9.97 Å². The van der Waals surface area contributed by atoms with Crippen LogP contribution in [-0.2, 0) is 0 Å². The molecule has 0 aromatic carbocycles. The molecule has 2 unspecified atom stereocenters. The Labute approximate surface area is 108 Å². The summed E-state index contributed by atoms with van der Waals surface area (Å²) in [6, 6.07) is 2.28. The van der Waals surface area contributed by atoms with Crippen LogP contribution in [0.3, 0.4) is 0 Å². The molecule has 1 aromatic heterocycles. The van der Waals surface area contributed by atoms with E-state index in [1.807, 2.05) is 19.9 Å². The van der Waals surface area contributed by atoms with Crippen LogP contribution in [0.1, 0.15) is 33.1 Å². The first-order valence-electron chi connectivity index (χ1n) is 6.64. The van der Waals surface area contributed by atoms with Crippen molar-refractivity contribution >= 4 is 5.82 Å². The van der Waals surface area contributed by atoms with Crippen LogP contribution in [0, 0.1) is 5.92 Å². The Morgan fingerprint density at radius 1 is 1.44 bits per heavy atom. The first kappa shape index (κ1) is 13.1. The molecule has 3 N–H and O–H groups in total. The number of nitrogens with zero attached hydrogens (tertiary/aromatic N) is 2. The van der Waals surface area contributed by atoms with Gasteiger partial charge in [-0.1, -0.05) is 6.42 Å². The van der Waals surface area contributed by atoms with E-state index in [9.17, 15) is 0 Å². The molecule has 0 amide bonds. The number of rotatable bonds is 5. The Kier molecular flexibility index (Phi) is 4.36. The van der Waals surface area contributed by atoms with Crippen LogP contribution < -0.4 is 15.8 Å². The van der Waals surface area contributed by atoms with Gasteiger partial charge in [0.15, 0.2) is 0 Å². The van der Waals surface area contributed by atoms with Gasteiger partial charge in [0.2, 0.25) is 5.88 Å². The lowest BCUT2D eigenvalue weighted by Gasteiger charge is -2.20. The topological polar surface area (TPSA) is 73.1 Å². The third kappa shape index (κ3) is 3.32. The minimum Gasteiger partial charge on any atom is -0.475 e. The lowest BCUT2D eigenvalue weighted by molar-refractivity contribution is 0.232. The van der Waals surface area contributed by atoms with Crippen LogP contribution in [0.15, 0.2) is 12.4 Å². The van der Waals surface area contributed by atoms with Crippen LogP contribution in [0.25, 0.3) is 0 Å². The van der Waals surface area contributed by atoms with Gasteiger partial charge in [0, 0.05) is 12.1 Å². The summed E-state index contributed by atoms with van der Waals surface area (Å²) in [4.78, 5) is 8.33. The summed E-state index contributed by atoms with van der Waals surface area (Å²) in [5.74, 6) is 1.99. The highest BCUT2D eigenvalue weighted by atomic mass is 16.5. The van der Waals surface area contributed by atoms with Gasteiger partial charge in [-0.2, -0.15) is 0 Å². The number of hydrogen-bond acceptors (Lipinski definition) is 5. The number of anilines is 1. The normalized spacial score (nSPS) is 23.3. The molecule has 2 atom stereocenters. The van der Waals surface area contributed by atoms with Crippen molar-refractivity contribution in [1.29, 1.82) is 0 Å². The van der Waals surface area contributed by atoms with Crippen molar-refractivity contribution in [3.05, 3.63) is 12.4 Å². The molecule has 1 heterocycles. The summed E-state index contributed by atoms with van der Waals surface area (Å²) in [5.41, 5.74) is 5.78. The molecule has 1 saturated carbocycles. The number of aromatic nitrogens is 2. The van der Waals surface area contributed by atoms with Gasteiger partial charge < -0.3 is 15.8 Å². The minimum absolute atomic E-state index is 0.121. The van der Waals surface area contributed by atoms with Crippen molar-refractivity contribution < 1.29 is 4.74 Å². The number of ether oxygens (including phenoxy) is 1. The maximum Gasteiger partial charge on any atom is 0.218 e. The molecular weight excluding hydrogens is 228 g/mol. The Balaban J connectivity index is 2.00. The van der Waals surface area contributed by atoms with Gasteiger partial charge >= 0.3 is 0 Å². The van der Waals surface area contributed by atoms with Crippen LogP contribution in [0.4, 0.5) is 5.82 Å². The summed E-state index contributed by atoms with van der Waals surface area (Å²) in [6.45, 7) is 4.70. The molecular formula is C13H22N4O. The smallest absolute Gasteiger partial charge is 0.218 e. The van der Waals surface area contributed by atoms with Gasteiger partial charge in [-0.15, -0.1) is 0 Å². The van der Waals surface area contributed by atoms with Crippen molar-refractivity contribution in [2.24, 2.45) is 11.7 Å². The van der Waals surface area contributed by atoms with Crippen LogP contribution in [0.5, 0.6) is 5.88 Å². The standard InChI is InChI=1S/C13H22N4O/c1-9(2)18-13-6-12(15-8-16-13)17-11-5-3-4-10(11)7-14/h6,8-11H,3-5,7,14H2,1-2H3,(H,15,16,17). The predicted molar refractivity (Wildman–Crippen MR) is 71.6 cm³/mol. The molecule has 0 aliphatic heterocycles. The Morgan fingerprint density at radius 2 is 2.28 bits per heavy atom. The molecule has 1 fully saturated rings. The quantitative estimate of drug-likeness (QED) is 0.833. The molecule has 1 aliphatic rings. The molecule has 5 nitrogen and oxygen atoms in total. The van der Waals surface area contributed by atoms with E-state index < -0.39 is 0 Å². The zero-order chi connectivity index (χ0) is 13.0. The average molecular weight is 250 g/mol. The van der Waals surface area contributed by atoms with Gasteiger partial charge in [0.1, 0.15) is 12.1 Å². The van der Waals surface area contributed by atoms with E-state index in [-0.39, 0.29) is 6.10 Å². The van der Waals surface area contributed by atoms with E-state index in [1.165, 1.54) is 19.2 Å². The molecule has 1 aromatic rings. The molecule has 100 valence electrons. The van der Waals surface area contributed by atoms with E-state index in [4.69, 9.17) is 10.5 Å². The van der Waals surface area contributed by atoms with Crippen molar-refractivity contribution in [3.8, 4) is 5.88 Å². The van der Waals surface area contributed by atoms with Gasteiger partial charge in [0.05, 0.1) is 6.10 Å². The van der Waals surface area contributed by atoms with E-state index in [0.29, 0.717) is 17.8 Å². The van der Waals surface area contributed by atoms with Crippen molar-refractivity contribution in [2.75, 3.05) is 11.9 Å². The average Bonchev–Trinajstić information content (AvgIpc) is 2.76. The maximum atomic E-state index is 5.78. The molecule has 0 bridgehead atoms. The van der Waals surface area contributed by atoms with E-state index in [1.54, 1.807) is 0 Å². The fourth-order valence-corrected chi connectivity index (χ4v) is 2.42. The second-order valence-corrected chi connectivity index (χ2v) is 5.09. The monoisotopic (exact) mass is 250 g/mol. The highest BCUT2D eigenvalue weighted by Gasteiger charge is 2.26. The Hall–Kier alpha value is -1.36. The van der Waals surface area contributed by atoms with Gasteiger partial charge in [-0.05, 0) is 39.2 Å². The third-order valence-corrected chi connectivity index (χ3v) is 3.29. The van der Waals surface area contributed by atoms with Crippen LogP contribution in [0.2, 0.25) is 0 Å². The van der Waals surface area contributed by atoms with Gasteiger partial charge in [0.25, 0.3) is 0 Å². The summed E-state index contributed by atoms with van der Waals surface area (Å²) in [7, 11) is 0. The molecule has 1 aliphatic carbocycles. The fourth-order valence-electron chi connectivity index (χ4n) is 2.42. The summed E-state index contributed by atoms with van der Waals surface area (Å²) >= 11 is 0. The minimum atomic E-state index is 0.121. The number of nitrogens with one attached hydrogen (secondary N) is 1. The fraction of sp³-hybridized carbons (Fsp3) is 0.692. The van der Waals surface area contributed by atoms with Gasteiger partial charge in [-0.3, -0.25) is 0 Å². The maximum absolute atomic E-state index is 5.78. The summed E-state index contributed by atoms with van der Waals surface area (Å²) in [5, 5.41) is 3.44. The SMILES string of the molecule is CC(C)Oc1cc(NC2CCCC2CN)ncn1. The second kappa shape index (κ2) is 6.00. The second-order valence-electron chi connectivity index (χ2n) is 5.09. The van der Waals surface area contributed by atoms with Crippen molar-refractivity contribution in [1.82, 2.24) is 9.97 Å².